The Hall–Kier alpha value is -3.16. The highest BCUT2D eigenvalue weighted by Gasteiger charge is 2.30. The fourth-order valence-corrected chi connectivity index (χ4v) is 2.36. The number of aromatic nitrogens is 3. The van der Waals surface area contributed by atoms with Gasteiger partial charge in [-0.2, -0.15) is 18.3 Å². The Balaban J connectivity index is 1.57. The molecule has 0 bridgehead atoms. The zero-order chi connectivity index (χ0) is 18.6. The van der Waals surface area contributed by atoms with Gasteiger partial charge < -0.3 is 5.32 Å². The zero-order valence-electron chi connectivity index (χ0n) is 13.6. The van der Waals surface area contributed by atoms with Crippen LogP contribution in [0.3, 0.4) is 0 Å². The number of pyridine rings is 1. The average Bonchev–Trinajstić information content (AvgIpc) is 3.11. The number of nitrogens with one attached hydrogen (secondary N) is 1. The van der Waals surface area contributed by atoms with Gasteiger partial charge in [0.2, 0.25) is 0 Å². The second-order valence-corrected chi connectivity index (χ2v) is 5.51. The van der Waals surface area contributed by atoms with E-state index in [1.165, 1.54) is 12.1 Å². The lowest BCUT2D eigenvalue weighted by Gasteiger charge is -2.09. The van der Waals surface area contributed by atoms with Crippen molar-refractivity contribution in [2.24, 2.45) is 0 Å². The molecule has 134 valence electrons. The van der Waals surface area contributed by atoms with Crippen LogP contribution in [0.25, 0.3) is 11.4 Å². The molecule has 0 spiro atoms. The van der Waals surface area contributed by atoms with Crippen molar-refractivity contribution in [1.82, 2.24) is 20.1 Å². The van der Waals surface area contributed by atoms with Crippen molar-refractivity contribution in [3.8, 4) is 11.4 Å². The van der Waals surface area contributed by atoms with E-state index in [0.717, 1.165) is 17.8 Å². The van der Waals surface area contributed by atoms with E-state index in [2.05, 4.69) is 15.4 Å². The lowest BCUT2D eigenvalue weighted by Crippen LogP contribution is -2.27. The average molecular weight is 360 g/mol. The molecule has 8 heteroatoms. The molecule has 0 saturated heterocycles. The molecule has 3 aromatic rings. The minimum absolute atomic E-state index is 0.0329. The third-order valence-electron chi connectivity index (χ3n) is 3.65. The van der Waals surface area contributed by atoms with Gasteiger partial charge in [0.1, 0.15) is 5.69 Å². The summed E-state index contributed by atoms with van der Waals surface area (Å²) in [4.78, 5) is 16.2. The number of carbonyl (C=O) groups excluding carboxylic acids is 1. The van der Waals surface area contributed by atoms with E-state index < -0.39 is 17.6 Å². The normalized spacial score (nSPS) is 11.3. The summed E-state index contributed by atoms with van der Waals surface area (Å²) >= 11 is 0. The Labute approximate surface area is 147 Å². The summed E-state index contributed by atoms with van der Waals surface area (Å²) in [5.74, 6) is -0.562. The van der Waals surface area contributed by atoms with E-state index in [1.807, 2.05) is 18.2 Å². The maximum atomic E-state index is 12.7. The van der Waals surface area contributed by atoms with Crippen molar-refractivity contribution < 1.29 is 18.0 Å². The van der Waals surface area contributed by atoms with Gasteiger partial charge in [0.15, 0.2) is 0 Å². The second kappa shape index (κ2) is 7.38. The first kappa shape index (κ1) is 17.7. The van der Waals surface area contributed by atoms with Crippen molar-refractivity contribution >= 4 is 5.91 Å². The monoisotopic (exact) mass is 360 g/mol. The molecule has 0 saturated carbocycles. The summed E-state index contributed by atoms with van der Waals surface area (Å²) in [6.07, 6.45) is -1.06. The maximum Gasteiger partial charge on any atom is 0.416 e. The fourth-order valence-electron chi connectivity index (χ4n) is 2.36. The van der Waals surface area contributed by atoms with Crippen molar-refractivity contribution in [3.63, 3.8) is 0 Å². The first-order valence-corrected chi connectivity index (χ1v) is 7.84. The summed E-state index contributed by atoms with van der Waals surface area (Å²) < 4.78 is 39.7. The van der Waals surface area contributed by atoms with Gasteiger partial charge in [-0.25, -0.2) is 0 Å². The van der Waals surface area contributed by atoms with E-state index in [1.54, 1.807) is 23.1 Å². The minimum atomic E-state index is -4.48. The molecule has 0 aliphatic rings. The number of nitrogens with zero attached hydrogens (tertiary/aromatic N) is 3. The molecule has 0 radical (unpaired) electrons. The fraction of sp³-hybridized carbons (Fsp3) is 0.167. The molecular formula is C18H15F3N4O. The molecular weight excluding hydrogens is 345 g/mol. The molecule has 1 amide bonds. The Kier molecular flexibility index (Phi) is 5.01. The van der Waals surface area contributed by atoms with Crippen LogP contribution in [0.15, 0.2) is 60.9 Å². The maximum absolute atomic E-state index is 12.7. The first-order chi connectivity index (χ1) is 12.4. The van der Waals surface area contributed by atoms with Gasteiger partial charge in [-0.1, -0.05) is 12.1 Å². The molecule has 3 rings (SSSR count). The predicted octanol–water partition coefficient (Wildman–Crippen LogP) is 3.39. The van der Waals surface area contributed by atoms with Gasteiger partial charge in [0.05, 0.1) is 17.8 Å². The van der Waals surface area contributed by atoms with Crippen LogP contribution < -0.4 is 5.32 Å². The predicted molar refractivity (Wildman–Crippen MR) is 89.2 cm³/mol. The number of rotatable bonds is 5. The van der Waals surface area contributed by atoms with Crippen molar-refractivity contribution in [2.75, 3.05) is 6.54 Å². The van der Waals surface area contributed by atoms with Crippen LogP contribution in [0.4, 0.5) is 13.2 Å². The lowest BCUT2D eigenvalue weighted by atomic mass is 10.1. The molecule has 1 aromatic carbocycles. The van der Waals surface area contributed by atoms with Crippen LogP contribution in [-0.2, 0) is 12.7 Å². The minimum Gasteiger partial charge on any atom is -0.350 e. The van der Waals surface area contributed by atoms with E-state index >= 15 is 0 Å². The SMILES string of the molecule is O=C(NCCn1ccc(-c2ccccn2)n1)c1cccc(C(F)(F)F)c1. The molecule has 5 nitrogen and oxygen atoms in total. The highest BCUT2D eigenvalue weighted by molar-refractivity contribution is 5.94. The molecule has 0 fully saturated rings. The van der Waals surface area contributed by atoms with E-state index in [0.29, 0.717) is 12.2 Å². The van der Waals surface area contributed by atoms with Crippen LogP contribution in [0.5, 0.6) is 0 Å². The smallest absolute Gasteiger partial charge is 0.350 e. The van der Waals surface area contributed by atoms with E-state index in [9.17, 15) is 18.0 Å². The Bertz CT molecular complexity index is 891. The van der Waals surface area contributed by atoms with Gasteiger partial charge in [0, 0.05) is 24.5 Å². The van der Waals surface area contributed by atoms with Crippen molar-refractivity contribution in [3.05, 3.63) is 72.1 Å². The zero-order valence-corrected chi connectivity index (χ0v) is 13.6. The highest BCUT2D eigenvalue weighted by atomic mass is 19.4. The summed E-state index contributed by atoms with van der Waals surface area (Å²) in [6.45, 7) is 0.621. The molecule has 0 unspecified atom stereocenters. The number of amides is 1. The summed E-state index contributed by atoms with van der Waals surface area (Å²) in [7, 11) is 0. The summed E-state index contributed by atoms with van der Waals surface area (Å²) in [5, 5.41) is 6.94. The topological polar surface area (TPSA) is 59.8 Å². The third kappa shape index (κ3) is 4.27. The van der Waals surface area contributed by atoms with Gasteiger partial charge in [0.25, 0.3) is 5.91 Å². The third-order valence-corrected chi connectivity index (χ3v) is 3.65. The molecule has 0 atom stereocenters. The Morgan fingerprint density at radius 2 is 1.92 bits per heavy atom. The number of hydrogen-bond acceptors (Lipinski definition) is 3. The molecule has 26 heavy (non-hydrogen) atoms. The number of halogens is 3. The van der Waals surface area contributed by atoms with Gasteiger partial charge in [-0.05, 0) is 36.4 Å². The Morgan fingerprint density at radius 3 is 2.65 bits per heavy atom. The van der Waals surface area contributed by atoms with E-state index in [-0.39, 0.29) is 12.1 Å². The largest absolute Gasteiger partial charge is 0.416 e. The second-order valence-electron chi connectivity index (χ2n) is 5.51. The summed E-state index contributed by atoms with van der Waals surface area (Å²) in [6, 6.07) is 11.6. The highest BCUT2D eigenvalue weighted by Crippen LogP contribution is 2.29. The standard InChI is InChI=1S/C18H15F3N4O/c19-18(20,21)14-5-3-4-13(12-14)17(26)23-9-11-25-10-7-16(24-25)15-6-1-2-8-22-15/h1-8,10,12H,9,11H2,(H,23,26). The van der Waals surface area contributed by atoms with E-state index in [4.69, 9.17) is 0 Å². The molecule has 1 N–H and O–H groups in total. The molecule has 2 aromatic heterocycles. The summed E-state index contributed by atoms with van der Waals surface area (Å²) in [5.41, 5.74) is 0.556. The number of benzene rings is 1. The first-order valence-electron chi connectivity index (χ1n) is 7.84. The molecule has 0 aliphatic carbocycles. The van der Waals surface area contributed by atoms with Crippen molar-refractivity contribution in [2.45, 2.75) is 12.7 Å². The Morgan fingerprint density at radius 1 is 1.08 bits per heavy atom. The van der Waals surface area contributed by atoms with Crippen LogP contribution in [0.1, 0.15) is 15.9 Å². The van der Waals surface area contributed by atoms with Crippen LogP contribution in [-0.4, -0.2) is 27.2 Å². The quantitative estimate of drug-likeness (QED) is 0.759. The van der Waals surface area contributed by atoms with Crippen LogP contribution in [0.2, 0.25) is 0 Å². The molecule has 0 aliphatic heterocycles. The van der Waals surface area contributed by atoms with Crippen LogP contribution in [0, 0.1) is 0 Å². The van der Waals surface area contributed by atoms with Crippen molar-refractivity contribution in [1.29, 1.82) is 0 Å². The van der Waals surface area contributed by atoms with Gasteiger partial charge >= 0.3 is 6.18 Å². The number of hydrogen-bond donors (Lipinski definition) is 1. The number of alkyl halides is 3. The lowest BCUT2D eigenvalue weighted by molar-refractivity contribution is -0.137. The molecule has 2 heterocycles. The number of carbonyl (C=O) groups is 1. The van der Waals surface area contributed by atoms with Crippen LogP contribution >= 0.6 is 0 Å². The van der Waals surface area contributed by atoms with Gasteiger partial charge in [-0.15, -0.1) is 0 Å². The van der Waals surface area contributed by atoms with Gasteiger partial charge in [-0.3, -0.25) is 14.5 Å².